The lowest BCUT2D eigenvalue weighted by atomic mass is 9.93. The van der Waals surface area contributed by atoms with E-state index in [-0.39, 0.29) is 47.3 Å². The van der Waals surface area contributed by atoms with Gasteiger partial charge in [0, 0.05) is 65.2 Å². The lowest BCUT2D eigenvalue weighted by Gasteiger charge is -2.19. The second kappa shape index (κ2) is 60.0. The number of unbranched alkanes of at least 4 members (excludes halogenated alkanes) is 18. The number of hydrogen-bond acceptors (Lipinski definition) is 24. The summed E-state index contributed by atoms with van der Waals surface area (Å²) in [4.78, 5) is 92.4. The first-order valence-corrected chi connectivity index (χ1v) is 51.9. The van der Waals surface area contributed by atoms with Gasteiger partial charge in [-0.15, -0.1) is 23.5 Å². The van der Waals surface area contributed by atoms with Gasteiger partial charge in [-0.1, -0.05) is 204 Å². The van der Waals surface area contributed by atoms with Crippen molar-refractivity contribution in [2.45, 2.75) is 238 Å². The molecule has 0 bridgehead atoms. The predicted molar refractivity (Wildman–Crippen MR) is 540 cm³/mol. The molecule has 0 radical (unpaired) electrons. The highest BCUT2D eigenvalue weighted by Gasteiger charge is 2.26. The summed E-state index contributed by atoms with van der Waals surface area (Å²) in [5.74, 6) is -0.818. The van der Waals surface area contributed by atoms with Crippen LogP contribution in [0.2, 0.25) is 0 Å². The zero-order chi connectivity index (χ0) is 93.0. The Labute approximate surface area is 804 Å². The molecule has 0 heterocycles. The average molecular weight is 1900 g/mol. The second-order valence-electron chi connectivity index (χ2n) is 31.3. The van der Waals surface area contributed by atoms with Gasteiger partial charge in [0.05, 0.1) is 52.5 Å². The molecule has 0 atom stereocenters. The third-order valence-electron chi connectivity index (χ3n) is 20.7. The van der Waals surface area contributed by atoms with Gasteiger partial charge in [-0.3, -0.25) is 9.59 Å². The Morgan fingerprint density at radius 3 is 0.598 bits per heavy atom. The molecule has 10 aromatic carbocycles. The third-order valence-corrected chi connectivity index (χ3v) is 26.0. The van der Waals surface area contributed by atoms with Crippen LogP contribution in [0, 0.1) is 0 Å². The van der Waals surface area contributed by atoms with Crippen molar-refractivity contribution in [3.63, 3.8) is 0 Å². The Bertz CT molecular complexity index is 5000. The van der Waals surface area contributed by atoms with Crippen LogP contribution in [0.25, 0.3) is 32.3 Å². The Morgan fingerprint density at radius 2 is 0.409 bits per heavy atom. The molecule has 0 fully saturated rings. The van der Waals surface area contributed by atoms with Crippen LogP contribution < -0.4 is 56.8 Å². The molecule has 0 N–H and O–H groups in total. The minimum absolute atomic E-state index is 0.0966. The van der Waals surface area contributed by atoms with Crippen molar-refractivity contribution in [2.75, 3.05) is 51.1 Å². The van der Waals surface area contributed by atoms with Gasteiger partial charge in [0.1, 0.15) is 34.5 Å². The standard InChI is InChI=1S/C108H124O18S6/c1-7-13-19-25-61-115-79-31-43-85(44-32-79)127-67-55-103(109)121-97-73-91-92(74-98(97)122-104(110)56-68-128-86-45-33-80(34-46-86)116-62-26-20-14-8-2)94-76-100(124-106(112)58-70-130-88-49-37-82(38-50-88)118-64-28-22-16-10-4)102(126-108(114)60-72-132-90-53-41-84(42-54-90)120-66-30-24-18-12-6)78-96(94)95-77-101(125-107(113)59-71-131-89-51-39-83(40-52-89)119-65-29-23-17-11-5)99(75-93(91)95)123-105(111)57-69-129-87-47-35-81(36-48-87)117-63-27-21-15-9-3/h31-56,59-60,67-68,71-78H,7-30,57-58,61-66,69-70H2,1-6H3/b67-55+,68-56+,71-59+,72-60+. The highest BCUT2D eigenvalue weighted by Crippen LogP contribution is 2.48. The SMILES string of the molecule is CCCCCCOc1ccc(S/C=C/C(=O)Oc2cc3c(cc2OC(=O)/C=C/Sc2ccc(OCCCCCC)cc2)c2cc(OC(=O)CCSc4ccc(OCCCCCC)cc4)c(OC(=O)/C=C/Sc4ccc(OCCCCCC)cc4)cc2c2cc(OC(=O)/C=C/Sc4ccc(OCCCCCC)cc4)c(OC(=O)CCSc4ccc(OCCCCCC)cc4)cc32)cc1. The third kappa shape index (κ3) is 37.6. The highest BCUT2D eigenvalue weighted by molar-refractivity contribution is 8.03. The predicted octanol–water partition coefficient (Wildman–Crippen LogP) is 29.9. The minimum Gasteiger partial charge on any atom is -0.494 e. The molecular weight excluding hydrogens is 1780 g/mol. The Balaban J connectivity index is 1.08. The van der Waals surface area contributed by atoms with E-state index in [1.807, 2.05) is 146 Å². The molecule has 0 saturated heterocycles. The van der Waals surface area contributed by atoms with Gasteiger partial charge in [0.15, 0.2) is 34.5 Å². The number of fused-ring (bicyclic) bond motifs is 6. The number of ether oxygens (including phenoxy) is 12. The monoisotopic (exact) mass is 1900 g/mol. The van der Waals surface area contributed by atoms with Crippen LogP contribution in [0.15, 0.2) is 257 Å². The molecule has 0 saturated carbocycles. The normalized spacial score (nSPS) is 11.5. The molecule has 0 unspecified atom stereocenters. The van der Waals surface area contributed by atoms with E-state index in [4.69, 9.17) is 56.8 Å². The summed E-state index contributed by atoms with van der Waals surface area (Å²) in [6, 6.07) is 54.8. The number of carbonyl (C=O) groups is 6. The maximum atomic E-state index is 14.6. The molecule has 24 heteroatoms. The first-order chi connectivity index (χ1) is 64.7. The van der Waals surface area contributed by atoms with E-state index in [1.54, 1.807) is 33.8 Å². The largest absolute Gasteiger partial charge is 0.494 e. The zero-order valence-corrected chi connectivity index (χ0v) is 81.7. The molecule has 0 amide bonds. The lowest BCUT2D eigenvalue weighted by molar-refractivity contribution is -0.135. The number of benzene rings is 10. The summed E-state index contributed by atoms with van der Waals surface area (Å²) in [5.41, 5.74) is 0. The van der Waals surface area contributed by atoms with E-state index in [1.165, 1.54) is 119 Å². The van der Waals surface area contributed by atoms with Crippen molar-refractivity contribution < 1.29 is 85.6 Å². The summed E-state index contributed by atoms with van der Waals surface area (Å²) in [6.07, 6.45) is 30.7. The van der Waals surface area contributed by atoms with E-state index >= 15 is 0 Å². The van der Waals surface area contributed by atoms with E-state index in [0.717, 1.165) is 218 Å². The van der Waals surface area contributed by atoms with Crippen LogP contribution in [0.4, 0.5) is 0 Å². The van der Waals surface area contributed by atoms with Gasteiger partial charge < -0.3 is 56.8 Å². The second-order valence-corrected chi connectivity index (χ2v) is 37.6. The smallest absolute Gasteiger partial charge is 0.336 e. The van der Waals surface area contributed by atoms with Crippen molar-refractivity contribution in [1.29, 1.82) is 0 Å². The molecule has 0 aliphatic carbocycles. The highest BCUT2D eigenvalue weighted by atomic mass is 32.2. The Morgan fingerprint density at radius 1 is 0.227 bits per heavy atom. The van der Waals surface area contributed by atoms with Gasteiger partial charge in [-0.2, -0.15) is 0 Å². The van der Waals surface area contributed by atoms with Crippen LogP contribution in [0.5, 0.6) is 69.0 Å². The molecule has 0 aliphatic heterocycles. The molecule has 700 valence electrons. The van der Waals surface area contributed by atoms with Crippen LogP contribution in [0.1, 0.15) is 208 Å². The Hall–Kier alpha value is -10.3. The summed E-state index contributed by atoms with van der Waals surface area (Å²) >= 11 is 8.00. The number of thioether (sulfide) groups is 6. The summed E-state index contributed by atoms with van der Waals surface area (Å²) in [7, 11) is 0. The number of hydrogen-bond donors (Lipinski definition) is 0. The first-order valence-electron chi connectivity index (χ1n) is 46.5. The average Bonchev–Trinajstić information content (AvgIpc) is 0.722. The molecule has 0 spiro atoms. The fraction of sp³-hybridized carbons (Fsp3) is 0.370. The minimum atomic E-state index is -0.841. The van der Waals surface area contributed by atoms with Crippen LogP contribution in [-0.4, -0.2) is 87.0 Å². The van der Waals surface area contributed by atoms with Crippen LogP contribution in [-0.2, 0) is 28.8 Å². The van der Waals surface area contributed by atoms with Gasteiger partial charge in [-0.25, -0.2) is 19.2 Å². The topological polar surface area (TPSA) is 213 Å². The fourth-order valence-electron chi connectivity index (χ4n) is 13.6. The molecule has 18 nitrogen and oxygen atoms in total. The Kier molecular flexibility index (Phi) is 47.2. The maximum Gasteiger partial charge on any atom is 0.336 e. The van der Waals surface area contributed by atoms with E-state index in [9.17, 15) is 28.8 Å². The number of carbonyl (C=O) groups excluding carboxylic acids is 6. The van der Waals surface area contributed by atoms with Gasteiger partial charge in [-0.05, 0) is 274 Å². The molecule has 10 aromatic rings. The molecule has 132 heavy (non-hydrogen) atoms. The van der Waals surface area contributed by atoms with E-state index < -0.39 is 35.8 Å². The molecule has 0 aromatic heterocycles. The van der Waals surface area contributed by atoms with Gasteiger partial charge >= 0.3 is 35.8 Å². The molecular formula is C108H124O18S6. The fourth-order valence-corrected chi connectivity index (χ4v) is 17.8. The van der Waals surface area contributed by atoms with Gasteiger partial charge in [0.2, 0.25) is 0 Å². The quantitative estimate of drug-likeness (QED) is 0.00865. The summed E-state index contributed by atoms with van der Waals surface area (Å²) in [5, 5.41) is 8.23. The first kappa shape index (κ1) is 104. The molecule has 10 rings (SSSR count). The summed E-state index contributed by atoms with van der Waals surface area (Å²) < 4.78 is 74.0. The zero-order valence-electron chi connectivity index (χ0n) is 76.8. The lowest BCUT2D eigenvalue weighted by Crippen LogP contribution is -2.12. The van der Waals surface area contributed by atoms with Crippen molar-refractivity contribution >= 4 is 139 Å². The maximum absolute atomic E-state index is 14.6. The van der Waals surface area contributed by atoms with Crippen molar-refractivity contribution in [3.8, 4) is 69.0 Å². The summed E-state index contributed by atoms with van der Waals surface area (Å²) in [6.45, 7) is 16.6. The number of rotatable bonds is 62. The van der Waals surface area contributed by atoms with Crippen molar-refractivity contribution in [1.82, 2.24) is 0 Å². The van der Waals surface area contributed by atoms with Crippen molar-refractivity contribution in [3.05, 3.63) is 228 Å². The van der Waals surface area contributed by atoms with E-state index in [2.05, 4.69) is 41.5 Å². The molecule has 0 aliphatic rings. The van der Waals surface area contributed by atoms with Gasteiger partial charge in [0.25, 0.3) is 0 Å². The number of esters is 6. The van der Waals surface area contributed by atoms with Crippen molar-refractivity contribution in [2.24, 2.45) is 0 Å². The van der Waals surface area contributed by atoms with E-state index in [0.29, 0.717) is 83.5 Å². The van der Waals surface area contributed by atoms with Crippen LogP contribution in [0.3, 0.4) is 0 Å². The van der Waals surface area contributed by atoms with Crippen LogP contribution >= 0.6 is 70.6 Å².